The predicted molar refractivity (Wildman–Crippen MR) is 71.4 cm³/mol. The van der Waals surface area contributed by atoms with Gasteiger partial charge in [0.15, 0.2) is 0 Å². The zero-order valence-corrected chi connectivity index (χ0v) is 10.9. The van der Waals surface area contributed by atoms with E-state index in [0.717, 1.165) is 17.7 Å². The quantitative estimate of drug-likeness (QED) is 0.857. The summed E-state index contributed by atoms with van der Waals surface area (Å²) in [5.41, 5.74) is 7.28. The largest absolute Gasteiger partial charge is 0.487 e. The van der Waals surface area contributed by atoms with Gasteiger partial charge in [0, 0.05) is 0 Å². The monoisotopic (exact) mass is 281 g/mol. The summed E-state index contributed by atoms with van der Waals surface area (Å²) in [4.78, 5) is 0. The van der Waals surface area contributed by atoms with Gasteiger partial charge in [-0.05, 0) is 36.2 Å². The Kier molecular flexibility index (Phi) is 3.88. The van der Waals surface area contributed by atoms with E-state index in [2.05, 4.69) is 0 Å². The van der Waals surface area contributed by atoms with Gasteiger partial charge in [0.1, 0.15) is 12.4 Å². The van der Waals surface area contributed by atoms with Crippen molar-refractivity contribution in [3.8, 4) is 5.75 Å². The summed E-state index contributed by atoms with van der Waals surface area (Å²) < 4.78 is 42.8. The molecular weight excluding hydrogens is 267 g/mol. The van der Waals surface area contributed by atoms with Crippen molar-refractivity contribution in [3.63, 3.8) is 0 Å². The van der Waals surface area contributed by atoms with Crippen LogP contribution in [0.1, 0.15) is 16.7 Å². The molecule has 0 atom stereocenters. The molecular formula is C15H14F3NO. The Morgan fingerprint density at radius 2 is 1.70 bits per heavy atom. The standard InChI is InChI=1S/C15H14F3NO/c1-10-3-2-4-13(14(10)19)20-9-11-5-7-12(8-6-11)15(16,17)18/h2-8H,9,19H2,1H3. The summed E-state index contributed by atoms with van der Waals surface area (Å²) >= 11 is 0. The first kappa shape index (κ1) is 14.2. The number of nitrogen functional groups attached to an aromatic ring is 1. The molecule has 0 heterocycles. The van der Waals surface area contributed by atoms with Crippen LogP contribution in [0.15, 0.2) is 42.5 Å². The average molecular weight is 281 g/mol. The van der Waals surface area contributed by atoms with E-state index in [1.165, 1.54) is 12.1 Å². The van der Waals surface area contributed by atoms with Crippen molar-refractivity contribution in [2.45, 2.75) is 19.7 Å². The van der Waals surface area contributed by atoms with E-state index in [9.17, 15) is 13.2 Å². The molecule has 0 radical (unpaired) electrons. The Balaban J connectivity index is 2.06. The molecule has 0 aliphatic heterocycles. The Bertz CT molecular complexity index is 591. The van der Waals surface area contributed by atoms with Gasteiger partial charge in [0.05, 0.1) is 11.3 Å². The number of hydrogen-bond donors (Lipinski definition) is 1. The van der Waals surface area contributed by atoms with Crippen molar-refractivity contribution in [2.75, 3.05) is 5.73 Å². The van der Waals surface area contributed by atoms with Gasteiger partial charge in [-0.3, -0.25) is 0 Å². The number of alkyl halides is 3. The molecule has 20 heavy (non-hydrogen) atoms. The Morgan fingerprint density at radius 1 is 1.05 bits per heavy atom. The molecule has 0 spiro atoms. The molecule has 0 amide bonds. The normalized spacial score (nSPS) is 11.4. The number of benzene rings is 2. The molecule has 2 N–H and O–H groups in total. The van der Waals surface area contributed by atoms with E-state index in [-0.39, 0.29) is 6.61 Å². The van der Waals surface area contributed by atoms with Gasteiger partial charge in [-0.2, -0.15) is 13.2 Å². The Morgan fingerprint density at radius 3 is 2.30 bits per heavy atom. The van der Waals surface area contributed by atoms with Gasteiger partial charge < -0.3 is 10.5 Å². The Hall–Kier alpha value is -2.17. The van der Waals surface area contributed by atoms with Gasteiger partial charge in [-0.15, -0.1) is 0 Å². The highest BCUT2D eigenvalue weighted by atomic mass is 19.4. The zero-order valence-electron chi connectivity index (χ0n) is 10.9. The summed E-state index contributed by atoms with van der Waals surface area (Å²) in [6.45, 7) is 2.03. The summed E-state index contributed by atoms with van der Waals surface area (Å²) in [5.74, 6) is 0.532. The molecule has 0 fully saturated rings. The summed E-state index contributed by atoms with van der Waals surface area (Å²) in [5, 5.41) is 0. The lowest BCUT2D eigenvalue weighted by atomic mass is 10.1. The van der Waals surface area contributed by atoms with E-state index in [4.69, 9.17) is 10.5 Å². The number of aryl methyl sites for hydroxylation is 1. The van der Waals surface area contributed by atoms with Crippen LogP contribution in [0.3, 0.4) is 0 Å². The molecule has 0 aliphatic carbocycles. The van der Waals surface area contributed by atoms with Crippen molar-refractivity contribution >= 4 is 5.69 Å². The smallest absolute Gasteiger partial charge is 0.416 e. The SMILES string of the molecule is Cc1cccc(OCc2ccc(C(F)(F)F)cc2)c1N. The first-order valence-electron chi connectivity index (χ1n) is 6.02. The zero-order chi connectivity index (χ0) is 14.8. The molecule has 0 saturated carbocycles. The van der Waals surface area contributed by atoms with E-state index in [1.807, 2.05) is 19.1 Å². The van der Waals surface area contributed by atoms with E-state index in [1.54, 1.807) is 6.07 Å². The van der Waals surface area contributed by atoms with Crippen LogP contribution in [0.25, 0.3) is 0 Å². The highest BCUT2D eigenvalue weighted by Gasteiger charge is 2.29. The van der Waals surface area contributed by atoms with Gasteiger partial charge >= 0.3 is 6.18 Å². The molecule has 106 valence electrons. The number of rotatable bonds is 3. The van der Waals surface area contributed by atoms with Crippen molar-refractivity contribution in [1.29, 1.82) is 0 Å². The van der Waals surface area contributed by atoms with Crippen LogP contribution in [-0.4, -0.2) is 0 Å². The van der Waals surface area contributed by atoms with E-state index < -0.39 is 11.7 Å². The summed E-state index contributed by atoms with van der Waals surface area (Å²) in [6.07, 6.45) is -4.32. The van der Waals surface area contributed by atoms with E-state index in [0.29, 0.717) is 17.0 Å². The molecule has 0 bridgehead atoms. The minimum absolute atomic E-state index is 0.172. The molecule has 2 nitrogen and oxygen atoms in total. The molecule has 0 unspecified atom stereocenters. The van der Waals surface area contributed by atoms with Crippen LogP contribution in [0.2, 0.25) is 0 Å². The maximum atomic E-state index is 12.4. The number of hydrogen-bond acceptors (Lipinski definition) is 2. The van der Waals surface area contributed by atoms with Crippen molar-refractivity contribution in [1.82, 2.24) is 0 Å². The third-order valence-electron chi connectivity index (χ3n) is 2.96. The number of halogens is 3. The van der Waals surface area contributed by atoms with Gasteiger partial charge in [-0.25, -0.2) is 0 Å². The van der Waals surface area contributed by atoms with Crippen LogP contribution in [0.5, 0.6) is 5.75 Å². The van der Waals surface area contributed by atoms with Crippen LogP contribution in [-0.2, 0) is 12.8 Å². The third-order valence-corrected chi connectivity index (χ3v) is 2.96. The lowest BCUT2D eigenvalue weighted by Crippen LogP contribution is -2.05. The highest BCUT2D eigenvalue weighted by Crippen LogP contribution is 2.29. The molecule has 2 aromatic carbocycles. The van der Waals surface area contributed by atoms with Crippen LogP contribution in [0, 0.1) is 6.92 Å². The lowest BCUT2D eigenvalue weighted by Gasteiger charge is -2.11. The summed E-state index contributed by atoms with van der Waals surface area (Å²) in [6, 6.07) is 10.3. The van der Waals surface area contributed by atoms with Crippen molar-refractivity contribution in [2.24, 2.45) is 0 Å². The molecule has 0 aliphatic rings. The predicted octanol–water partition coefficient (Wildman–Crippen LogP) is 4.18. The lowest BCUT2D eigenvalue weighted by molar-refractivity contribution is -0.137. The van der Waals surface area contributed by atoms with Crippen molar-refractivity contribution < 1.29 is 17.9 Å². The second-order valence-electron chi connectivity index (χ2n) is 4.47. The maximum absolute atomic E-state index is 12.4. The van der Waals surface area contributed by atoms with Crippen molar-refractivity contribution in [3.05, 3.63) is 59.2 Å². The molecule has 0 aromatic heterocycles. The van der Waals surface area contributed by atoms with Crippen LogP contribution in [0.4, 0.5) is 18.9 Å². The highest BCUT2D eigenvalue weighted by molar-refractivity contribution is 5.57. The second-order valence-corrected chi connectivity index (χ2v) is 4.47. The Labute approximate surface area is 115 Å². The topological polar surface area (TPSA) is 35.2 Å². The van der Waals surface area contributed by atoms with Gasteiger partial charge in [-0.1, -0.05) is 24.3 Å². The fourth-order valence-corrected chi connectivity index (χ4v) is 1.73. The first-order valence-corrected chi connectivity index (χ1v) is 6.02. The number of nitrogens with two attached hydrogens (primary N) is 1. The number of anilines is 1. The fourth-order valence-electron chi connectivity index (χ4n) is 1.73. The molecule has 0 saturated heterocycles. The van der Waals surface area contributed by atoms with Gasteiger partial charge in [0.25, 0.3) is 0 Å². The van der Waals surface area contributed by atoms with E-state index >= 15 is 0 Å². The fraction of sp³-hybridized carbons (Fsp3) is 0.200. The minimum atomic E-state index is -4.32. The average Bonchev–Trinajstić information content (AvgIpc) is 2.40. The maximum Gasteiger partial charge on any atom is 0.416 e. The van der Waals surface area contributed by atoms with Crippen LogP contribution < -0.4 is 10.5 Å². The molecule has 2 aromatic rings. The van der Waals surface area contributed by atoms with Gasteiger partial charge in [0.2, 0.25) is 0 Å². The number of ether oxygens (including phenoxy) is 1. The van der Waals surface area contributed by atoms with Crippen LogP contribution >= 0.6 is 0 Å². The third kappa shape index (κ3) is 3.23. The second kappa shape index (κ2) is 5.45. The summed E-state index contributed by atoms with van der Waals surface area (Å²) in [7, 11) is 0. The minimum Gasteiger partial charge on any atom is -0.487 e. The first-order chi connectivity index (χ1) is 9.38. The molecule has 2 rings (SSSR count). The number of para-hydroxylation sites is 1. The molecule has 5 heteroatoms.